The maximum Gasteiger partial charge on any atom is 0.223 e. The number of aromatic nitrogens is 2. The van der Waals surface area contributed by atoms with Crippen LogP contribution in [0.15, 0.2) is 58.3 Å². The van der Waals surface area contributed by atoms with Crippen molar-refractivity contribution in [3.63, 3.8) is 0 Å². The van der Waals surface area contributed by atoms with Crippen LogP contribution in [-0.4, -0.2) is 20.9 Å². The van der Waals surface area contributed by atoms with E-state index in [0.717, 1.165) is 58.7 Å². The normalized spacial score (nSPS) is 12.8. The van der Waals surface area contributed by atoms with Crippen molar-refractivity contribution < 1.29 is 34.4 Å². The molecule has 0 saturated heterocycles. The second kappa shape index (κ2) is 14.5. The number of rotatable bonds is 8. The number of benzene rings is 2. The van der Waals surface area contributed by atoms with Gasteiger partial charge in [0.1, 0.15) is 17.7 Å². The number of hydrogen-bond acceptors (Lipinski definition) is 7. The zero-order valence-corrected chi connectivity index (χ0v) is 33.8. The second-order valence-electron chi connectivity index (χ2n) is 14.2. The molecule has 0 saturated carbocycles. The van der Waals surface area contributed by atoms with E-state index in [1.165, 1.54) is 31.3 Å². The third-order valence-electron chi connectivity index (χ3n) is 10.2. The molecule has 0 unspecified atom stereocenters. The third-order valence-corrected chi connectivity index (χ3v) is 12.2. The molecule has 2 aromatic carbocycles. The number of fused-ring (bicyclic) bond motifs is 6. The van der Waals surface area contributed by atoms with Gasteiger partial charge in [0.25, 0.3) is 0 Å². The number of allylic oxidation sites excluding steroid dienone is 2. The van der Waals surface area contributed by atoms with Gasteiger partial charge in [-0.25, -0.2) is 4.98 Å². The van der Waals surface area contributed by atoms with Crippen molar-refractivity contribution >= 4 is 70.7 Å². The van der Waals surface area contributed by atoms with Crippen LogP contribution < -0.4 is 0 Å². The summed E-state index contributed by atoms with van der Waals surface area (Å²) in [5, 5.41) is 16.7. The van der Waals surface area contributed by atoms with Crippen LogP contribution in [0.25, 0.3) is 53.5 Å². The topological polar surface area (TPSA) is 76.2 Å². The summed E-state index contributed by atoms with van der Waals surface area (Å²) in [6, 6.07) is 14.4. The number of carbonyl (C=O) groups excluding carboxylic acids is 1. The molecule has 0 aliphatic carbocycles. The van der Waals surface area contributed by atoms with Gasteiger partial charge in [0.05, 0.1) is 0 Å². The van der Waals surface area contributed by atoms with Gasteiger partial charge in [-0.05, 0) is 66.3 Å². The van der Waals surface area contributed by atoms with Crippen LogP contribution in [0.4, 0.5) is 0 Å². The molecule has 0 spiro atoms. The molecular weight excluding hydrogens is 813 g/mol. The van der Waals surface area contributed by atoms with Crippen LogP contribution >= 0.6 is 22.7 Å². The Labute approximate surface area is 306 Å². The average Bonchev–Trinajstić information content (AvgIpc) is 3.78. The molecule has 0 aliphatic rings. The Kier molecular flexibility index (Phi) is 11.5. The maximum atomic E-state index is 12.2. The van der Waals surface area contributed by atoms with E-state index in [2.05, 4.69) is 68.4 Å². The number of aliphatic hydroxyl groups excluding tert-OH is 1. The molecule has 257 valence electrons. The van der Waals surface area contributed by atoms with E-state index >= 15 is 0 Å². The van der Waals surface area contributed by atoms with E-state index in [4.69, 9.17) is 9.40 Å². The van der Waals surface area contributed by atoms with Crippen molar-refractivity contribution in [1.82, 2.24) is 9.97 Å². The molecular formula is C40H47IrN2O3S2-. The van der Waals surface area contributed by atoms with Crippen LogP contribution in [0.3, 0.4) is 0 Å². The summed E-state index contributed by atoms with van der Waals surface area (Å²) in [7, 11) is 0. The van der Waals surface area contributed by atoms with Gasteiger partial charge in [0.2, 0.25) is 5.71 Å². The Morgan fingerprint density at radius 1 is 0.938 bits per heavy atom. The van der Waals surface area contributed by atoms with Gasteiger partial charge in [0, 0.05) is 68.4 Å². The largest absolute Gasteiger partial charge is 0.512 e. The minimum absolute atomic E-state index is 0. The number of carbonyl (C=O) groups is 1. The molecule has 4 heterocycles. The van der Waals surface area contributed by atoms with Crippen molar-refractivity contribution in [3.8, 4) is 11.3 Å². The van der Waals surface area contributed by atoms with Crippen LogP contribution in [0.2, 0.25) is 0 Å². The Bertz CT molecular complexity index is 2100. The fraction of sp³-hybridized carbons (Fsp3) is 0.425. The molecule has 0 bridgehead atoms. The van der Waals surface area contributed by atoms with Crippen LogP contribution in [0.1, 0.15) is 98.4 Å². The van der Waals surface area contributed by atoms with E-state index in [1.807, 2.05) is 47.6 Å². The van der Waals surface area contributed by atoms with Gasteiger partial charge in [0.15, 0.2) is 5.78 Å². The van der Waals surface area contributed by atoms with Crippen LogP contribution in [0.5, 0.6) is 0 Å². The molecule has 5 nitrogen and oxygen atoms in total. The summed E-state index contributed by atoms with van der Waals surface area (Å²) in [6.07, 6.45) is 6.35. The predicted molar refractivity (Wildman–Crippen MR) is 201 cm³/mol. The van der Waals surface area contributed by atoms with Gasteiger partial charge >= 0.3 is 0 Å². The number of aryl methyl sites for hydroxylation is 1. The summed E-state index contributed by atoms with van der Waals surface area (Å²) < 4.78 is 8.69. The molecule has 4 aromatic heterocycles. The first kappa shape index (κ1) is 37.9. The molecule has 1 N–H and O–H groups in total. The summed E-state index contributed by atoms with van der Waals surface area (Å²) in [5.41, 5.74) is 4.09. The first-order valence-corrected chi connectivity index (χ1v) is 18.4. The van der Waals surface area contributed by atoms with Gasteiger partial charge in [-0.1, -0.05) is 73.4 Å². The van der Waals surface area contributed by atoms with Gasteiger partial charge in [-0.15, -0.1) is 34.9 Å². The van der Waals surface area contributed by atoms with Gasteiger partial charge in [-0.3, -0.25) is 9.78 Å². The summed E-state index contributed by atoms with van der Waals surface area (Å²) in [5.74, 6) is 0.286. The molecule has 0 aliphatic heterocycles. The van der Waals surface area contributed by atoms with Crippen LogP contribution in [0, 0.1) is 23.8 Å². The number of furan rings is 1. The first-order valence-electron chi connectivity index (χ1n) is 16.7. The third kappa shape index (κ3) is 7.05. The average molecular weight is 860 g/mol. The molecule has 0 amide bonds. The molecule has 48 heavy (non-hydrogen) atoms. The molecule has 0 atom stereocenters. The van der Waals surface area contributed by atoms with E-state index in [9.17, 15) is 9.90 Å². The Hall–Kier alpha value is -2.90. The summed E-state index contributed by atoms with van der Waals surface area (Å²) in [6.45, 7) is 21.0. The van der Waals surface area contributed by atoms with Crippen molar-refractivity contribution in [2.75, 3.05) is 0 Å². The molecule has 1 radical (unpaired) electrons. The van der Waals surface area contributed by atoms with Gasteiger partial charge < -0.3 is 9.52 Å². The van der Waals surface area contributed by atoms with Crippen LogP contribution in [-0.2, 0) is 30.3 Å². The van der Waals surface area contributed by atoms with Gasteiger partial charge in [-0.2, -0.15) is 11.3 Å². The van der Waals surface area contributed by atoms with Crippen molar-refractivity contribution in [1.29, 1.82) is 0 Å². The molecule has 0 fully saturated rings. The fourth-order valence-corrected chi connectivity index (χ4v) is 7.93. The van der Waals surface area contributed by atoms with E-state index in [0.29, 0.717) is 5.71 Å². The van der Waals surface area contributed by atoms with E-state index in [-0.39, 0.29) is 47.9 Å². The monoisotopic (exact) mass is 860 g/mol. The molecule has 6 aromatic rings. The Morgan fingerprint density at radius 2 is 1.60 bits per heavy atom. The smallest absolute Gasteiger partial charge is 0.223 e. The SMILES string of the molecule is CCC(C)(CC)C(=O)/C=C(\O)C(C)(CC)CC.Cc1cc2c(ccc3oc4ncnc(-c5[c-]c6ccsc6c(C(C)(C)C)c5)c4c32)s1.[Ir]. The minimum atomic E-state index is -0.337. The summed E-state index contributed by atoms with van der Waals surface area (Å²) in [4.78, 5) is 22.7. The molecule has 6 rings (SSSR count). The number of nitrogens with zero attached hydrogens (tertiary/aromatic N) is 2. The second-order valence-corrected chi connectivity index (χ2v) is 16.4. The van der Waals surface area contributed by atoms with Crippen molar-refractivity contribution in [2.24, 2.45) is 10.8 Å². The zero-order chi connectivity index (χ0) is 34.3. The summed E-state index contributed by atoms with van der Waals surface area (Å²) >= 11 is 3.58. The Balaban J connectivity index is 0.000000251. The number of hydrogen-bond donors (Lipinski definition) is 1. The van der Waals surface area contributed by atoms with Crippen molar-refractivity contribution in [3.05, 3.63) is 70.4 Å². The number of aliphatic hydroxyl groups is 1. The molecule has 8 heteroatoms. The maximum absolute atomic E-state index is 12.2. The zero-order valence-electron chi connectivity index (χ0n) is 29.8. The number of ketones is 1. The first-order chi connectivity index (χ1) is 22.2. The minimum Gasteiger partial charge on any atom is -0.512 e. The van der Waals surface area contributed by atoms with E-state index in [1.54, 1.807) is 29.0 Å². The number of thiophene rings is 2. The fourth-order valence-electron chi connectivity index (χ4n) is 5.92. The Morgan fingerprint density at radius 3 is 2.23 bits per heavy atom. The standard InChI is InChI=1S/C25H19N2OS2.C15H28O2.Ir/c1-13-9-16-19(30-13)6-5-18-20(16)21-22(26-12-27-24(21)28-18)15-10-14-7-8-29-23(14)17(11-15)25(2,3)4;1-7-14(5,8-2)12(16)11-13(17)15(6,9-3)10-4;/h5-9,11-12H,1-4H3;11,16H,7-10H2,1-6H3;/q-1;;/b;12-11-;. The quantitative estimate of drug-likeness (QED) is 0.0937. The predicted octanol–water partition coefficient (Wildman–Crippen LogP) is 12.5. The van der Waals surface area contributed by atoms with Crippen molar-refractivity contribution in [2.45, 2.75) is 100 Å². The van der Waals surface area contributed by atoms with E-state index < -0.39 is 0 Å².